The first-order chi connectivity index (χ1) is 9.45. The molecule has 1 atom stereocenters. The second-order valence-corrected chi connectivity index (χ2v) is 5.31. The Morgan fingerprint density at radius 1 is 0.789 bits per heavy atom. The standard InChI is InChI=1S/C18H21N/c1-3-9-15(10-4-1)16-11-6-7-12-17(16)18-13-5-2-8-14-19-18/h1,3-4,6-7,9-12,18-19H,2,5,8,13-14H2. The van der Waals surface area contributed by atoms with Crippen LogP contribution in [-0.4, -0.2) is 6.54 Å². The van der Waals surface area contributed by atoms with Crippen molar-refractivity contribution in [1.82, 2.24) is 5.32 Å². The van der Waals surface area contributed by atoms with Gasteiger partial charge in [-0.3, -0.25) is 0 Å². The minimum Gasteiger partial charge on any atom is -0.310 e. The molecule has 1 aliphatic heterocycles. The largest absolute Gasteiger partial charge is 0.310 e. The van der Waals surface area contributed by atoms with Gasteiger partial charge in [-0.25, -0.2) is 0 Å². The quantitative estimate of drug-likeness (QED) is 0.825. The van der Waals surface area contributed by atoms with Crippen molar-refractivity contribution in [3.63, 3.8) is 0 Å². The molecular formula is C18H21N. The SMILES string of the molecule is c1ccc(-c2ccccc2C2CCCCCN2)cc1. The fourth-order valence-corrected chi connectivity index (χ4v) is 2.98. The maximum atomic E-state index is 3.71. The van der Waals surface area contributed by atoms with E-state index in [1.807, 2.05) is 0 Å². The van der Waals surface area contributed by atoms with E-state index in [4.69, 9.17) is 0 Å². The van der Waals surface area contributed by atoms with E-state index in [0.717, 1.165) is 6.54 Å². The van der Waals surface area contributed by atoms with Gasteiger partial charge in [-0.1, -0.05) is 67.4 Å². The molecule has 2 aromatic carbocycles. The summed E-state index contributed by atoms with van der Waals surface area (Å²) in [6.45, 7) is 1.15. The van der Waals surface area contributed by atoms with Gasteiger partial charge in [0.15, 0.2) is 0 Å². The van der Waals surface area contributed by atoms with Gasteiger partial charge in [0, 0.05) is 6.04 Å². The van der Waals surface area contributed by atoms with Crippen LogP contribution in [0.2, 0.25) is 0 Å². The normalized spacial score (nSPS) is 19.9. The van der Waals surface area contributed by atoms with Crippen LogP contribution in [0.15, 0.2) is 54.6 Å². The number of hydrogen-bond donors (Lipinski definition) is 1. The minimum absolute atomic E-state index is 0.513. The molecule has 0 aliphatic carbocycles. The summed E-state index contributed by atoms with van der Waals surface area (Å²) in [7, 11) is 0. The topological polar surface area (TPSA) is 12.0 Å². The summed E-state index contributed by atoms with van der Waals surface area (Å²) in [4.78, 5) is 0. The van der Waals surface area contributed by atoms with Crippen molar-refractivity contribution < 1.29 is 0 Å². The van der Waals surface area contributed by atoms with Crippen LogP contribution >= 0.6 is 0 Å². The first-order valence-electron chi connectivity index (χ1n) is 7.33. The Morgan fingerprint density at radius 2 is 1.58 bits per heavy atom. The Balaban J connectivity index is 1.97. The van der Waals surface area contributed by atoms with E-state index in [2.05, 4.69) is 59.9 Å². The van der Waals surface area contributed by atoms with Gasteiger partial charge in [0.1, 0.15) is 0 Å². The van der Waals surface area contributed by atoms with Crippen molar-refractivity contribution in [3.8, 4) is 11.1 Å². The fraction of sp³-hybridized carbons (Fsp3) is 0.333. The van der Waals surface area contributed by atoms with Gasteiger partial charge in [-0.15, -0.1) is 0 Å². The van der Waals surface area contributed by atoms with Crippen molar-refractivity contribution >= 4 is 0 Å². The lowest BCUT2D eigenvalue weighted by Crippen LogP contribution is -2.20. The number of nitrogens with one attached hydrogen (secondary N) is 1. The van der Waals surface area contributed by atoms with E-state index in [-0.39, 0.29) is 0 Å². The smallest absolute Gasteiger partial charge is 0.0326 e. The zero-order valence-corrected chi connectivity index (χ0v) is 11.3. The first kappa shape index (κ1) is 12.4. The molecule has 0 aromatic heterocycles. The lowest BCUT2D eigenvalue weighted by Gasteiger charge is -2.20. The highest BCUT2D eigenvalue weighted by Gasteiger charge is 2.16. The van der Waals surface area contributed by atoms with Crippen molar-refractivity contribution in [2.24, 2.45) is 0 Å². The van der Waals surface area contributed by atoms with Gasteiger partial charge in [-0.2, -0.15) is 0 Å². The summed E-state index contributed by atoms with van der Waals surface area (Å²) in [5, 5.41) is 3.71. The van der Waals surface area contributed by atoms with Gasteiger partial charge in [0.05, 0.1) is 0 Å². The molecule has 1 unspecified atom stereocenters. The van der Waals surface area contributed by atoms with Crippen molar-refractivity contribution in [2.45, 2.75) is 31.7 Å². The first-order valence-corrected chi connectivity index (χ1v) is 7.33. The molecule has 1 aliphatic rings. The van der Waals surface area contributed by atoms with E-state index in [0.29, 0.717) is 6.04 Å². The molecule has 1 N–H and O–H groups in total. The van der Waals surface area contributed by atoms with E-state index in [9.17, 15) is 0 Å². The molecule has 1 heteroatoms. The molecule has 1 heterocycles. The summed E-state index contributed by atoms with van der Waals surface area (Å²) in [5.41, 5.74) is 4.15. The predicted molar refractivity (Wildman–Crippen MR) is 81.1 cm³/mol. The van der Waals surface area contributed by atoms with Gasteiger partial charge >= 0.3 is 0 Å². The maximum absolute atomic E-state index is 3.71. The average Bonchev–Trinajstić information content (AvgIpc) is 2.77. The Hall–Kier alpha value is -1.60. The Morgan fingerprint density at radius 3 is 2.47 bits per heavy atom. The third-order valence-electron chi connectivity index (χ3n) is 3.98. The summed E-state index contributed by atoms with van der Waals surface area (Å²) < 4.78 is 0. The van der Waals surface area contributed by atoms with Gasteiger partial charge in [0.2, 0.25) is 0 Å². The second-order valence-electron chi connectivity index (χ2n) is 5.31. The molecular weight excluding hydrogens is 230 g/mol. The molecule has 0 amide bonds. The van der Waals surface area contributed by atoms with E-state index in [1.54, 1.807) is 0 Å². The fourth-order valence-electron chi connectivity index (χ4n) is 2.98. The second kappa shape index (κ2) is 6.03. The molecule has 0 radical (unpaired) electrons. The van der Waals surface area contributed by atoms with Crippen LogP contribution in [0, 0.1) is 0 Å². The lowest BCUT2D eigenvalue weighted by molar-refractivity contribution is 0.536. The van der Waals surface area contributed by atoms with E-state index in [1.165, 1.54) is 42.4 Å². The van der Waals surface area contributed by atoms with Crippen molar-refractivity contribution in [2.75, 3.05) is 6.54 Å². The van der Waals surface area contributed by atoms with Gasteiger partial charge in [-0.05, 0) is 36.1 Å². The lowest BCUT2D eigenvalue weighted by atomic mass is 9.93. The van der Waals surface area contributed by atoms with E-state index >= 15 is 0 Å². The third kappa shape index (κ3) is 2.87. The van der Waals surface area contributed by atoms with Crippen LogP contribution in [0.4, 0.5) is 0 Å². The zero-order chi connectivity index (χ0) is 12.9. The number of hydrogen-bond acceptors (Lipinski definition) is 1. The Labute approximate surface area is 115 Å². The monoisotopic (exact) mass is 251 g/mol. The molecule has 0 saturated carbocycles. The molecule has 19 heavy (non-hydrogen) atoms. The van der Waals surface area contributed by atoms with Gasteiger partial charge in [0.25, 0.3) is 0 Å². The molecule has 1 fully saturated rings. The van der Waals surface area contributed by atoms with Crippen LogP contribution in [-0.2, 0) is 0 Å². The van der Waals surface area contributed by atoms with Gasteiger partial charge < -0.3 is 5.32 Å². The highest BCUT2D eigenvalue weighted by Crippen LogP contribution is 2.31. The maximum Gasteiger partial charge on any atom is 0.0326 e. The third-order valence-corrected chi connectivity index (χ3v) is 3.98. The van der Waals surface area contributed by atoms with Crippen molar-refractivity contribution in [1.29, 1.82) is 0 Å². The summed E-state index contributed by atoms with van der Waals surface area (Å²) in [5.74, 6) is 0. The molecule has 98 valence electrons. The van der Waals surface area contributed by atoms with Crippen LogP contribution in [0.3, 0.4) is 0 Å². The summed E-state index contributed by atoms with van der Waals surface area (Å²) in [6.07, 6.45) is 5.26. The van der Waals surface area contributed by atoms with Crippen LogP contribution in [0.25, 0.3) is 11.1 Å². The zero-order valence-electron chi connectivity index (χ0n) is 11.3. The predicted octanol–water partition coefficient (Wildman–Crippen LogP) is 4.56. The van der Waals surface area contributed by atoms with Crippen LogP contribution in [0.1, 0.15) is 37.3 Å². The highest BCUT2D eigenvalue weighted by molar-refractivity contribution is 5.67. The Kier molecular flexibility index (Phi) is 3.95. The molecule has 1 saturated heterocycles. The minimum atomic E-state index is 0.513. The molecule has 2 aromatic rings. The molecule has 1 nitrogen and oxygen atoms in total. The molecule has 0 spiro atoms. The highest BCUT2D eigenvalue weighted by atomic mass is 14.9. The average molecular weight is 251 g/mol. The molecule has 3 rings (SSSR count). The molecule has 0 bridgehead atoms. The van der Waals surface area contributed by atoms with E-state index < -0.39 is 0 Å². The summed E-state index contributed by atoms with van der Waals surface area (Å²) in [6, 6.07) is 20.1. The van der Waals surface area contributed by atoms with Crippen molar-refractivity contribution in [3.05, 3.63) is 60.2 Å². The van der Waals surface area contributed by atoms with Crippen LogP contribution < -0.4 is 5.32 Å². The summed E-state index contributed by atoms with van der Waals surface area (Å²) >= 11 is 0. The van der Waals surface area contributed by atoms with Crippen LogP contribution in [0.5, 0.6) is 0 Å². The number of benzene rings is 2. The number of rotatable bonds is 2. The Bertz CT molecular complexity index is 510.